The molecule has 3 aromatic heterocycles. The zero-order valence-electron chi connectivity index (χ0n) is 21.3. The van der Waals surface area contributed by atoms with Crippen molar-refractivity contribution in [1.29, 1.82) is 5.26 Å². The molecule has 1 aromatic carbocycles. The van der Waals surface area contributed by atoms with E-state index >= 15 is 4.39 Å². The number of pyridine rings is 1. The molecule has 0 aliphatic carbocycles. The molecule has 188 valence electrons. The van der Waals surface area contributed by atoms with Gasteiger partial charge in [0, 0.05) is 54.6 Å². The number of anilines is 1. The Balaban J connectivity index is 1.66. The first kappa shape index (κ1) is 24.4. The van der Waals surface area contributed by atoms with Crippen molar-refractivity contribution in [3.63, 3.8) is 0 Å². The van der Waals surface area contributed by atoms with E-state index in [0.29, 0.717) is 59.0 Å². The van der Waals surface area contributed by atoms with Crippen molar-refractivity contribution >= 4 is 22.8 Å². The molecule has 0 saturated carbocycles. The molecule has 1 atom stereocenters. The fraction of sp³-hybridized carbons (Fsp3) is 0.321. The van der Waals surface area contributed by atoms with Crippen LogP contribution in [0.3, 0.4) is 0 Å². The number of hydrogen-bond acceptors (Lipinski definition) is 6. The van der Waals surface area contributed by atoms with Crippen LogP contribution in [0.2, 0.25) is 0 Å². The normalized spacial score (nSPS) is 16.2. The van der Waals surface area contributed by atoms with Crippen molar-refractivity contribution in [3.05, 3.63) is 66.5 Å². The highest BCUT2D eigenvalue weighted by atomic mass is 19.1. The molecule has 1 amide bonds. The number of piperazine rings is 1. The van der Waals surface area contributed by atoms with Crippen molar-refractivity contribution in [1.82, 2.24) is 24.4 Å². The van der Waals surface area contributed by atoms with Gasteiger partial charge in [-0.25, -0.2) is 19.3 Å². The summed E-state index contributed by atoms with van der Waals surface area (Å²) in [5.41, 5.74) is 1.62. The third-order valence-electron chi connectivity index (χ3n) is 6.68. The van der Waals surface area contributed by atoms with Crippen molar-refractivity contribution in [3.8, 4) is 23.0 Å². The van der Waals surface area contributed by atoms with Gasteiger partial charge in [0.25, 0.3) is 0 Å². The van der Waals surface area contributed by atoms with E-state index in [9.17, 15) is 10.1 Å². The van der Waals surface area contributed by atoms with E-state index in [4.69, 9.17) is 0 Å². The molecule has 1 aliphatic heterocycles. The number of rotatable bonds is 3. The maximum Gasteiger partial charge on any atom is 0.228 e. The van der Waals surface area contributed by atoms with E-state index in [1.807, 2.05) is 25.7 Å². The largest absolute Gasteiger partial charge is 0.350 e. The number of nitriles is 1. The number of nitrogens with zero attached hydrogens (tertiary/aromatic N) is 7. The number of hydrogen-bond donors (Lipinski definition) is 0. The van der Waals surface area contributed by atoms with Gasteiger partial charge in [-0.1, -0.05) is 39.0 Å². The first-order valence-electron chi connectivity index (χ1n) is 12.2. The van der Waals surface area contributed by atoms with Crippen molar-refractivity contribution in [2.24, 2.45) is 5.41 Å². The second-order valence-electron chi connectivity index (χ2n) is 10.3. The summed E-state index contributed by atoms with van der Waals surface area (Å²) in [4.78, 5) is 30.6. The molecule has 0 bridgehead atoms. The van der Waals surface area contributed by atoms with Crippen LogP contribution in [0.1, 0.15) is 33.3 Å². The number of carbonyl (C=O) groups excluding carboxylic acids is 1. The molecular formula is C28H28FN7O. The van der Waals surface area contributed by atoms with Crippen LogP contribution in [0.5, 0.6) is 0 Å². The summed E-state index contributed by atoms with van der Waals surface area (Å²) in [5, 5.41) is 10.1. The van der Waals surface area contributed by atoms with Gasteiger partial charge in [0.05, 0.1) is 17.0 Å². The van der Waals surface area contributed by atoms with Gasteiger partial charge >= 0.3 is 0 Å². The number of carbonyl (C=O) groups is 1. The Morgan fingerprint density at radius 3 is 2.59 bits per heavy atom. The molecule has 0 radical (unpaired) electrons. The van der Waals surface area contributed by atoms with Gasteiger partial charge in [-0.05, 0) is 25.1 Å². The van der Waals surface area contributed by atoms with Crippen molar-refractivity contribution in [2.75, 3.05) is 24.5 Å². The summed E-state index contributed by atoms with van der Waals surface area (Å²) in [7, 11) is 0. The number of aromatic nitrogens is 4. The Morgan fingerprint density at radius 2 is 1.89 bits per heavy atom. The summed E-state index contributed by atoms with van der Waals surface area (Å²) >= 11 is 0. The van der Waals surface area contributed by atoms with Crippen LogP contribution in [0.25, 0.3) is 28.0 Å². The van der Waals surface area contributed by atoms with Crippen LogP contribution in [0.15, 0.2) is 55.1 Å². The van der Waals surface area contributed by atoms with Crippen molar-refractivity contribution < 1.29 is 9.18 Å². The highest BCUT2D eigenvalue weighted by Crippen LogP contribution is 2.38. The third-order valence-corrected chi connectivity index (χ3v) is 6.68. The summed E-state index contributed by atoms with van der Waals surface area (Å²) in [6, 6.07) is 12.0. The quantitative estimate of drug-likeness (QED) is 0.412. The number of benzene rings is 1. The van der Waals surface area contributed by atoms with Gasteiger partial charge in [0.2, 0.25) is 5.91 Å². The van der Waals surface area contributed by atoms with Crippen LogP contribution in [0.4, 0.5) is 10.2 Å². The predicted octanol–water partition coefficient (Wildman–Crippen LogP) is 4.58. The van der Waals surface area contributed by atoms with Crippen LogP contribution >= 0.6 is 0 Å². The highest BCUT2D eigenvalue weighted by Gasteiger charge is 2.34. The summed E-state index contributed by atoms with van der Waals surface area (Å²) < 4.78 is 16.8. The summed E-state index contributed by atoms with van der Waals surface area (Å²) in [5.74, 6) is 0.941. The monoisotopic (exact) mass is 497 g/mol. The fourth-order valence-corrected chi connectivity index (χ4v) is 4.87. The van der Waals surface area contributed by atoms with Gasteiger partial charge in [-0.2, -0.15) is 5.26 Å². The van der Waals surface area contributed by atoms with Gasteiger partial charge in [0.1, 0.15) is 23.8 Å². The van der Waals surface area contributed by atoms with Crippen LogP contribution in [-0.4, -0.2) is 56.0 Å². The first-order valence-corrected chi connectivity index (χ1v) is 12.2. The topological polar surface area (TPSA) is 90.9 Å². The molecule has 4 heterocycles. The van der Waals surface area contributed by atoms with Crippen LogP contribution < -0.4 is 4.90 Å². The Morgan fingerprint density at radius 1 is 1.11 bits per heavy atom. The molecule has 8 nitrogen and oxygen atoms in total. The predicted molar refractivity (Wildman–Crippen MR) is 140 cm³/mol. The molecule has 1 saturated heterocycles. The maximum atomic E-state index is 15.1. The maximum absolute atomic E-state index is 15.1. The molecule has 37 heavy (non-hydrogen) atoms. The highest BCUT2D eigenvalue weighted by molar-refractivity contribution is 6.02. The zero-order valence-corrected chi connectivity index (χ0v) is 21.3. The van der Waals surface area contributed by atoms with Crippen LogP contribution in [0, 0.1) is 22.6 Å². The molecular weight excluding hydrogens is 469 g/mol. The van der Waals surface area contributed by atoms with Gasteiger partial charge in [0.15, 0.2) is 5.65 Å². The number of halogens is 1. The zero-order chi connectivity index (χ0) is 26.3. The average Bonchev–Trinajstić information content (AvgIpc) is 3.28. The lowest BCUT2D eigenvalue weighted by molar-refractivity contribution is -0.140. The molecule has 1 aliphatic rings. The molecule has 0 spiro atoms. The number of amides is 1. The van der Waals surface area contributed by atoms with E-state index in [0.717, 1.165) is 0 Å². The molecule has 0 N–H and O–H groups in total. The minimum atomic E-state index is -0.454. The molecule has 5 rings (SSSR count). The van der Waals surface area contributed by atoms with E-state index < -0.39 is 5.41 Å². The summed E-state index contributed by atoms with van der Waals surface area (Å²) in [6.45, 7) is 9.56. The average molecular weight is 498 g/mol. The van der Waals surface area contributed by atoms with Gasteiger partial charge in [-0.15, -0.1) is 0 Å². The standard InChI is InChI=1S/C28H28FN7O/c1-18-15-34(27(37)28(2,3)4)11-12-35(18)25-24-21(20-7-5-6-8-22(20)29)16-36(26(24)33-17-32-25)23-13-19(14-30)9-10-31-23/h5-10,13,16-18H,11-12,15H2,1-4H3/t18-/m0/s1. The lowest BCUT2D eigenvalue weighted by atomic mass is 9.94. The lowest BCUT2D eigenvalue weighted by Crippen LogP contribution is -2.56. The summed E-state index contributed by atoms with van der Waals surface area (Å²) in [6.07, 6.45) is 4.86. The third kappa shape index (κ3) is 4.40. The molecule has 4 aromatic rings. The molecule has 0 unspecified atom stereocenters. The molecule has 1 fully saturated rings. The van der Waals surface area contributed by atoms with Crippen molar-refractivity contribution in [2.45, 2.75) is 33.7 Å². The Kier molecular flexibility index (Phi) is 6.12. The van der Waals surface area contributed by atoms with E-state index in [1.54, 1.807) is 47.3 Å². The van der Waals surface area contributed by atoms with E-state index in [1.165, 1.54) is 12.4 Å². The van der Waals surface area contributed by atoms with E-state index in [-0.39, 0.29) is 17.8 Å². The van der Waals surface area contributed by atoms with E-state index in [2.05, 4.69) is 32.8 Å². The lowest BCUT2D eigenvalue weighted by Gasteiger charge is -2.42. The van der Waals surface area contributed by atoms with Gasteiger partial charge in [-0.3, -0.25) is 9.36 Å². The SMILES string of the molecule is C[C@H]1CN(C(=O)C(C)(C)C)CCN1c1ncnc2c1c(-c1ccccc1F)cn2-c1cc(C#N)ccn1. The van der Waals surface area contributed by atoms with Crippen LogP contribution in [-0.2, 0) is 4.79 Å². The Labute approximate surface area is 215 Å². The minimum absolute atomic E-state index is 0.0185. The minimum Gasteiger partial charge on any atom is -0.350 e. The van der Waals surface area contributed by atoms with Gasteiger partial charge < -0.3 is 9.80 Å². The fourth-order valence-electron chi connectivity index (χ4n) is 4.87. The molecule has 9 heteroatoms. The second kappa shape index (κ2) is 9.28. The first-order chi connectivity index (χ1) is 17.7. The Bertz CT molecular complexity index is 1530. The number of fused-ring (bicyclic) bond motifs is 1. The Hall–Kier alpha value is -4.32. The smallest absolute Gasteiger partial charge is 0.228 e. The second-order valence-corrected chi connectivity index (χ2v) is 10.3.